The van der Waals surface area contributed by atoms with E-state index in [1.807, 2.05) is 0 Å². The molecule has 0 amide bonds. The molecule has 0 saturated heterocycles. The molecule has 0 aromatic carbocycles. The average Bonchev–Trinajstić information content (AvgIpc) is 2.42. The van der Waals surface area contributed by atoms with Crippen LogP contribution in [0.15, 0.2) is 4.79 Å². The first-order valence-electron chi connectivity index (χ1n) is 4.85. The van der Waals surface area contributed by atoms with Crippen molar-refractivity contribution in [3.05, 3.63) is 16.3 Å². The van der Waals surface area contributed by atoms with E-state index in [2.05, 4.69) is 5.10 Å². The van der Waals surface area contributed by atoms with Crippen molar-refractivity contribution in [2.45, 2.75) is 32.3 Å². The quantitative estimate of drug-likeness (QED) is 0.564. The molecule has 0 bridgehead atoms. The van der Waals surface area contributed by atoms with Crippen molar-refractivity contribution in [3.8, 4) is 0 Å². The summed E-state index contributed by atoms with van der Waals surface area (Å²) in [5, 5.41) is 3.70. The van der Waals surface area contributed by atoms with Gasteiger partial charge in [-0.15, -0.1) is 0 Å². The number of nitrogens with zero attached hydrogens (tertiary/aromatic N) is 3. The summed E-state index contributed by atoms with van der Waals surface area (Å²) in [5.41, 5.74) is -0.635. The minimum atomic E-state index is -5.01. The summed E-state index contributed by atoms with van der Waals surface area (Å²) in [6.07, 6.45) is 1.06. The van der Waals surface area contributed by atoms with Crippen molar-refractivity contribution in [2.24, 2.45) is 0 Å². The summed E-state index contributed by atoms with van der Waals surface area (Å²) in [5.74, 6) is 0.478. The zero-order valence-electron chi connectivity index (χ0n) is 9.00. The Morgan fingerprint density at radius 1 is 1.31 bits per heavy atom. The van der Waals surface area contributed by atoms with Crippen LogP contribution in [-0.2, 0) is 19.4 Å². The summed E-state index contributed by atoms with van der Waals surface area (Å²) in [6, 6.07) is 0. The predicted octanol–water partition coefficient (Wildman–Crippen LogP) is -2.23. The fourth-order valence-corrected chi connectivity index (χ4v) is 1.76. The van der Waals surface area contributed by atoms with Crippen LogP contribution in [0.25, 0.3) is 0 Å². The largest absolute Gasteiger partial charge is 1.00 e. The summed E-state index contributed by atoms with van der Waals surface area (Å²) in [4.78, 5) is 11.5. The zero-order valence-corrected chi connectivity index (χ0v) is 12.1. The van der Waals surface area contributed by atoms with Crippen LogP contribution in [0.2, 0.25) is 0 Å². The zero-order chi connectivity index (χ0) is 11.1. The van der Waals surface area contributed by atoms with Crippen LogP contribution in [0, 0.1) is 0 Å². The van der Waals surface area contributed by atoms with E-state index in [4.69, 9.17) is 0 Å². The molecule has 0 fully saturated rings. The van der Waals surface area contributed by atoms with E-state index < -0.39 is 19.1 Å². The smallest absolute Gasteiger partial charge is 0.448 e. The first-order chi connectivity index (χ1) is 6.97. The monoisotopic (exact) mass is 259 g/mol. The maximum atomic E-state index is 12.1. The molecule has 0 unspecified atom stereocenters. The van der Waals surface area contributed by atoms with Gasteiger partial charge in [-0.3, -0.25) is 4.57 Å². The number of hydrogen-bond acceptors (Lipinski definition) is 2. The Labute approximate surface area is 133 Å². The van der Waals surface area contributed by atoms with Crippen molar-refractivity contribution in [2.75, 3.05) is 0 Å². The molecule has 4 nitrogen and oxygen atoms in total. The Morgan fingerprint density at radius 2 is 2.00 bits per heavy atom. The van der Waals surface area contributed by atoms with Gasteiger partial charge in [-0.05, 0) is 12.8 Å². The van der Waals surface area contributed by atoms with Crippen molar-refractivity contribution in [1.29, 1.82) is 0 Å². The Kier molecular flexibility index (Phi) is 4.88. The van der Waals surface area contributed by atoms with Crippen LogP contribution >= 0.6 is 0 Å². The third-order valence-electron chi connectivity index (χ3n) is 2.41. The molecule has 0 spiro atoms. The second-order valence-electron chi connectivity index (χ2n) is 3.70. The first kappa shape index (κ1) is 14.5. The summed E-state index contributed by atoms with van der Waals surface area (Å²) in [6.45, 7) is -4.52. The number of aryl methyl sites for hydroxylation is 1. The van der Waals surface area contributed by atoms with Crippen LogP contribution in [0.3, 0.4) is 0 Å². The second-order valence-corrected chi connectivity index (χ2v) is 3.70. The topological polar surface area (TPSA) is 39.8 Å². The molecule has 1 aliphatic rings. The molecule has 0 radical (unpaired) electrons. The van der Waals surface area contributed by atoms with E-state index in [0.29, 0.717) is 23.5 Å². The van der Waals surface area contributed by atoms with E-state index in [-0.39, 0.29) is 51.4 Å². The first-order valence-corrected chi connectivity index (χ1v) is 4.85. The SMILES string of the molecule is O=c1n(C[B-](F)(F)F)nc2n1CCCC2.[K+]. The number of aromatic nitrogens is 3. The normalized spacial score (nSPS) is 15.4. The van der Waals surface area contributed by atoms with Gasteiger partial charge in [-0.25, -0.2) is 9.48 Å². The molecule has 84 valence electrons. The molecule has 1 aromatic rings. The number of halogens is 3. The summed E-state index contributed by atoms with van der Waals surface area (Å²) < 4.78 is 38.3. The number of hydrogen-bond donors (Lipinski definition) is 0. The van der Waals surface area contributed by atoms with Crippen molar-refractivity contribution in [3.63, 3.8) is 0 Å². The van der Waals surface area contributed by atoms with E-state index in [1.54, 1.807) is 0 Å². The van der Waals surface area contributed by atoms with Gasteiger partial charge in [-0.1, -0.05) is 0 Å². The molecule has 2 rings (SSSR count). The third kappa shape index (κ3) is 3.22. The van der Waals surface area contributed by atoms with Crippen LogP contribution in [0.5, 0.6) is 0 Å². The van der Waals surface area contributed by atoms with Crippen molar-refractivity contribution >= 4 is 6.98 Å². The van der Waals surface area contributed by atoms with Gasteiger partial charge in [0, 0.05) is 19.4 Å². The van der Waals surface area contributed by atoms with Gasteiger partial charge in [0.2, 0.25) is 0 Å². The van der Waals surface area contributed by atoms with Gasteiger partial charge in [0.05, 0.1) is 0 Å². The molecule has 1 aromatic heterocycles. The maximum absolute atomic E-state index is 12.1. The van der Waals surface area contributed by atoms with Crippen LogP contribution in [0.1, 0.15) is 18.7 Å². The average molecular weight is 259 g/mol. The molecule has 2 heterocycles. The summed E-state index contributed by atoms with van der Waals surface area (Å²) in [7, 11) is 0. The van der Waals surface area contributed by atoms with E-state index in [9.17, 15) is 17.7 Å². The number of rotatable bonds is 2. The maximum Gasteiger partial charge on any atom is 1.00 e. The predicted molar refractivity (Wildman–Crippen MR) is 48.5 cm³/mol. The van der Waals surface area contributed by atoms with Crippen LogP contribution < -0.4 is 57.1 Å². The molecular formula is C7H10BF3KN3O. The van der Waals surface area contributed by atoms with Crippen LogP contribution in [0.4, 0.5) is 12.9 Å². The molecule has 1 aliphatic heterocycles. The van der Waals surface area contributed by atoms with Gasteiger partial charge < -0.3 is 12.9 Å². The molecule has 16 heavy (non-hydrogen) atoms. The van der Waals surface area contributed by atoms with E-state index in [1.165, 1.54) is 4.57 Å². The molecule has 0 saturated carbocycles. The Bertz CT molecular complexity index is 427. The Balaban J connectivity index is 0.00000128. The third-order valence-corrected chi connectivity index (χ3v) is 2.41. The fourth-order valence-electron chi connectivity index (χ4n) is 1.76. The second kappa shape index (κ2) is 5.38. The molecule has 0 N–H and O–H groups in total. The van der Waals surface area contributed by atoms with Gasteiger partial charge in [0.1, 0.15) is 5.82 Å². The minimum absolute atomic E-state index is 0. The van der Waals surface area contributed by atoms with Gasteiger partial charge >= 0.3 is 64.1 Å². The molecule has 0 atom stereocenters. The van der Waals surface area contributed by atoms with Crippen molar-refractivity contribution in [1.82, 2.24) is 14.3 Å². The van der Waals surface area contributed by atoms with E-state index >= 15 is 0 Å². The van der Waals surface area contributed by atoms with Gasteiger partial charge in [-0.2, -0.15) is 5.10 Å². The van der Waals surface area contributed by atoms with Gasteiger partial charge in [0.25, 0.3) is 0 Å². The standard InChI is InChI=1S/C7H10BF3N3O.K/c9-8(10,11)5-14-7(15)13-4-2-1-3-6(13)12-14;/h1-5H2;/q-1;+1. The minimum Gasteiger partial charge on any atom is -0.448 e. The molecule has 0 aliphatic carbocycles. The summed E-state index contributed by atoms with van der Waals surface area (Å²) >= 11 is 0. The molecule has 9 heteroatoms. The fraction of sp³-hybridized carbons (Fsp3) is 0.714. The Morgan fingerprint density at radius 3 is 2.56 bits per heavy atom. The number of fused-ring (bicyclic) bond motifs is 1. The van der Waals surface area contributed by atoms with Crippen LogP contribution in [-0.4, -0.2) is 21.3 Å². The Hall–Kier alpha value is 0.431. The molecular weight excluding hydrogens is 249 g/mol. The van der Waals surface area contributed by atoms with E-state index in [0.717, 1.165) is 12.8 Å². The van der Waals surface area contributed by atoms with Crippen molar-refractivity contribution < 1.29 is 64.3 Å². The van der Waals surface area contributed by atoms with Gasteiger partial charge in [0.15, 0.2) is 0 Å².